The van der Waals surface area contributed by atoms with E-state index in [1.807, 2.05) is 35.2 Å². The molecule has 0 aliphatic carbocycles. The molecule has 2 aromatic carbocycles. The maximum absolute atomic E-state index is 12.9. The van der Waals surface area contributed by atoms with Gasteiger partial charge in [-0.15, -0.1) is 13.2 Å². The van der Waals surface area contributed by atoms with Crippen molar-refractivity contribution < 1.29 is 27.8 Å². The fourth-order valence-corrected chi connectivity index (χ4v) is 3.68. The van der Waals surface area contributed by atoms with Gasteiger partial charge >= 0.3 is 6.36 Å². The number of Topliss-reactive ketones (excluding diaryl/α,β-unsaturated/α-hetero) is 1. The number of halogens is 3. The molecule has 2 aromatic rings. The van der Waals surface area contributed by atoms with E-state index < -0.39 is 6.36 Å². The summed E-state index contributed by atoms with van der Waals surface area (Å²) in [7, 11) is 0. The van der Waals surface area contributed by atoms with Crippen molar-refractivity contribution >= 4 is 5.78 Å². The summed E-state index contributed by atoms with van der Waals surface area (Å²) in [4.78, 5) is 14.9. The van der Waals surface area contributed by atoms with E-state index in [4.69, 9.17) is 0 Å². The van der Waals surface area contributed by atoms with E-state index in [2.05, 4.69) is 4.74 Å². The monoisotopic (exact) mass is 393 g/mol. The van der Waals surface area contributed by atoms with E-state index in [1.165, 1.54) is 18.2 Å². The average Bonchev–Trinajstić information content (AvgIpc) is 3.04. The van der Waals surface area contributed by atoms with Crippen LogP contribution in [0.2, 0.25) is 0 Å². The number of benzene rings is 2. The zero-order valence-electron chi connectivity index (χ0n) is 15.2. The number of ketones is 1. The van der Waals surface area contributed by atoms with Gasteiger partial charge in [-0.2, -0.15) is 0 Å². The van der Waals surface area contributed by atoms with E-state index in [0.717, 1.165) is 5.56 Å². The Morgan fingerprint density at radius 3 is 2.46 bits per heavy atom. The van der Waals surface area contributed by atoms with Crippen LogP contribution < -0.4 is 4.74 Å². The van der Waals surface area contributed by atoms with Gasteiger partial charge in [0.2, 0.25) is 0 Å². The third-order valence-electron chi connectivity index (χ3n) is 4.94. The van der Waals surface area contributed by atoms with E-state index >= 15 is 0 Å². The van der Waals surface area contributed by atoms with Crippen molar-refractivity contribution in [3.63, 3.8) is 0 Å². The number of likely N-dealkylation sites (tertiary alicyclic amines) is 1. The lowest BCUT2D eigenvalue weighted by atomic mass is 10.0. The number of hydrogen-bond donors (Lipinski definition) is 1. The summed E-state index contributed by atoms with van der Waals surface area (Å²) in [6.07, 6.45) is -3.43. The van der Waals surface area contributed by atoms with Gasteiger partial charge in [-0.3, -0.25) is 9.69 Å². The van der Waals surface area contributed by atoms with Crippen LogP contribution in [0.3, 0.4) is 0 Å². The van der Waals surface area contributed by atoms with E-state index in [1.54, 1.807) is 6.07 Å². The highest BCUT2D eigenvalue weighted by Crippen LogP contribution is 2.29. The Labute approximate surface area is 161 Å². The highest BCUT2D eigenvalue weighted by molar-refractivity contribution is 5.86. The number of alkyl halides is 3. The number of aliphatic hydroxyl groups excluding tert-OH is 1. The summed E-state index contributed by atoms with van der Waals surface area (Å²) in [5, 5.41) is 9.67. The second-order valence-corrected chi connectivity index (χ2v) is 6.93. The average molecular weight is 393 g/mol. The third kappa shape index (κ3) is 5.33. The Balaban J connectivity index is 1.71. The maximum Gasteiger partial charge on any atom is 0.573 e. The van der Waals surface area contributed by atoms with Crippen LogP contribution >= 0.6 is 0 Å². The minimum Gasteiger partial charge on any atom is -0.406 e. The number of ether oxygens (including phenoxy) is 1. The molecule has 0 radical (unpaired) electrons. The summed E-state index contributed by atoms with van der Waals surface area (Å²) in [5.41, 5.74) is 1.51. The SMILES string of the molecule is O=C(Cc1cccc(OC(F)(F)F)c1)[C@@H]1CC[C@H](CO)N1Cc1ccccc1. The lowest BCUT2D eigenvalue weighted by Gasteiger charge is -2.28. The van der Waals surface area contributed by atoms with Gasteiger partial charge in [-0.1, -0.05) is 42.5 Å². The topological polar surface area (TPSA) is 49.8 Å². The molecule has 1 fully saturated rings. The molecule has 1 aliphatic heterocycles. The van der Waals surface area contributed by atoms with Gasteiger partial charge in [-0.05, 0) is 36.1 Å². The van der Waals surface area contributed by atoms with Crippen LogP contribution in [-0.4, -0.2) is 40.8 Å². The molecule has 1 N–H and O–H groups in total. The van der Waals surface area contributed by atoms with Crippen molar-refractivity contribution in [3.05, 3.63) is 65.7 Å². The van der Waals surface area contributed by atoms with Gasteiger partial charge in [0.05, 0.1) is 12.6 Å². The maximum atomic E-state index is 12.9. The van der Waals surface area contributed by atoms with Crippen molar-refractivity contribution in [3.8, 4) is 5.75 Å². The van der Waals surface area contributed by atoms with Crippen LogP contribution in [0.1, 0.15) is 24.0 Å². The first kappa shape index (κ1) is 20.4. The molecule has 28 heavy (non-hydrogen) atoms. The second kappa shape index (κ2) is 8.75. The smallest absolute Gasteiger partial charge is 0.406 e. The van der Waals surface area contributed by atoms with Crippen LogP contribution in [0.15, 0.2) is 54.6 Å². The Morgan fingerprint density at radius 1 is 1.07 bits per heavy atom. The molecule has 0 aromatic heterocycles. The highest BCUT2D eigenvalue weighted by Gasteiger charge is 2.37. The fourth-order valence-electron chi connectivity index (χ4n) is 3.68. The molecule has 150 valence electrons. The number of aliphatic hydroxyl groups is 1. The minimum atomic E-state index is -4.77. The molecule has 0 spiro atoms. The van der Waals surface area contributed by atoms with Gasteiger partial charge < -0.3 is 9.84 Å². The number of carbonyl (C=O) groups is 1. The number of carbonyl (C=O) groups excluding carboxylic acids is 1. The Bertz CT molecular complexity index is 795. The minimum absolute atomic E-state index is 0.0170. The zero-order valence-corrected chi connectivity index (χ0v) is 15.2. The third-order valence-corrected chi connectivity index (χ3v) is 4.94. The van der Waals surface area contributed by atoms with Gasteiger partial charge in [-0.25, -0.2) is 0 Å². The van der Waals surface area contributed by atoms with Gasteiger partial charge in [0.25, 0.3) is 0 Å². The molecular formula is C21H22F3NO3. The first-order valence-corrected chi connectivity index (χ1v) is 9.13. The Kier molecular flexibility index (Phi) is 6.36. The standard InChI is InChI=1S/C21H22F3NO3/c22-21(23,24)28-18-8-4-7-16(11-18)12-20(27)19-10-9-17(14-26)25(19)13-15-5-2-1-3-6-15/h1-8,11,17,19,26H,9-10,12-14H2/t17-,19+/m1/s1. The summed E-state index contributed by atoms with van der Waals surface area (Å²) in [6.45, 7) is 0.505. The molecule has 0 bridgehead atoms. The summed E-state index contributed by atoms with van der Waals surface area (Å²) < 4.78 is 41.1. The molecule has 1 aliphatic rings. The zero-order chi connectivity index (χ0) is 20.1. The van der Waals surface area contributed by atoms with Crippen molar-refractivity contribution in [1.82, 2.24) is 4.90 Å². The lowest BCUT2D eigenvalue weighted by Crippen LogP contribution is -2.42. The molecule has 1 heterocycles. The van der Waals surface area contributed by atoms with Crippen LogP contribution in [0.4, 0.5) is 13.2 Å². The summed E-state index contributed by atoms with van der Waals surface area (Å²) >= 11 is 0. The first-order valence-electron chi connectivity index (χ1n) is 9.13. The van der Waals surface area contributed by atoms with Crippen molar-refractivity contribution in [2.45, 2.75) is 44.3 Å². The van der Waals surface area contributed by atoms with Crippen LogP contribution in [0, 0.1) is 0 Å². The molecule has 1 saturated heterocycles. The number of rotatable bonds is 7. The normalized spacial score (nSPS) is 20.3. The van der Waals surface area contributed by atoms with Crippen molar-refractivity contribution in [2.75, 3.05) is 6.61 Å². The van der Waals surface area contributed by atoms with Gasteiger partial charge in [0.15, 0.2) is 5.78 Å². The fraction of sp³-hybridized carbons (Fsp3) is 0.381. The molecular weight excluding hydrogens is 371 g/mol. The molecule has 3 rings (SSSR count). The summed E-state index contributed by atoms with van der Waals surface area (Å²) in [6, 6.07) is 14.7. The highest BCUT2D eigenvalue weighted by atomic mass is 19.4. The predicted molar refractivity (Wildman–Crippen MR) is 97.7 cm³/mol. The van der Waals surface area contributed by atoms with Crippen LogP contribution in [-0.2, 0) is 17.8 Å². The largest absolute Gasteiger partial charge is 0.573 e. The molecule has 2 atom stereocenters. The number of hydrogen-bond acceptors (Lipinski definition) is 4. The predicted octanol–water partition coefficient (Wildman–Crippen LogP) is 3.72. The second-order valence-electron chi connectivity index (χ2n) is 6.93. The van der Waals surface area contributed by atoms with Crippen molar-refractivity contribution in [2.24, 2.45) is 0 Å². The molecule has 0 saturated carbocycles. The first-order chi connectivity index (χ1) is 13.4. The lowest BCUT2D eigenvalue weighted by molar-refractivity contribution is -0.274. The molecule has 0 amide bonds. The van der Waals surface area contributed by atoms with Crippen molar-refractivity contribution in [1.29, 1.82) is 0 Å². The Hall–Kier alpha value is -2.38. The molecule has 4 nitrogen and oxygen atoms in total. The Morgan fingerprint density at radius 2 is 1.79 bits per heavy atom. The number of nitrogens with zero attached hydrogens (tertiary/aromatic N) is 1. The quantitative estimate of drug-likeness (QED) is 0.779. The van der Waals surface area contributed by atoms with E-state index in [-0.39, 0.29) is 36.6 Å². The molecule has 0 unspecified atom stereocenters. The molecule has 7 heteroatoms. The van der Waals surface area contributed by atoms with E-state index in [9.17, 15) is 23.1 Å². The van der Waals surface area contributed by atoms with Gasteiger partial charge in [0, 0.05) is 19.0 Å². The summed E-state index contributed by atoms with van der Waals surface area (Å²) in [5.74, 6) is -0.408. The van der Waals surface area contributed by atoms with Crippen LogP contribution in [0.25, 0.3) is 0 Å². The van der Waals surface area contributed by atoms with Crippen LogP contribution in [0.5, 0.6) is 5.75 Å². The van der Waals surface area contributed by atoms with E-state index in [0.29, 0.717) is 24.9 Å². The van der Waals surface area contributed by atoms with Gasteiger partial charge in [0.1, 0.15) is 5.75 Å².